The van der Waals surface area contributed by atoms with Crippen molar-refractivity contribution in [2.45, 2.75) is 53.1 Å². The van der Waals surface area contributed by atoms with Crippen LogP contribution in [0.2, 0.25) is 0 Å². The SMILES string of the molecule is CC[C@@H](C(=O)N[C@@H](C)c1ccc(C)cc1)N(c1ccc(C)c(C)c1)S(C)(=O)=O. The van der Waals surface area contributed by atoms with Gasteiger partial charge in [-0.1, -0.05) is 42.8 Å². The maximum absolute atomic E-state index is 13.0. The molecule has 0 aliphatic heterocycles. The van der Waals surface area contributed by atoms with Crippen molar-refractivity contribution in [3.05, 3.63) is 64.7 Å². The lowest BCUT2D eigenvalue weighted by atomic mass is 10.1. The Morgan fingerprint density at radius 2 is 1.64 bits per heavy atom. The maximum Gasteiger partial charge on any atom is 0.244 e. The van der Waals surface area contributed by atoms with Crippen LogP contribution in [0.3, 0.4) is 0 Å². The predicted molar refractivity (Wildman–Crippen MR) is 115 cm³/mol. The molecule has 2 atom stereocenters. The van der Waals surface area contributed by atoms with Gasteiger partial charge in [0, 0.05) is 0 Å². The van der Waals surface area contributed by atoms with Crippen molar-refractivity contribution in [1.82, 2.24) is 5.32 Å². The molecular formula is C22H30N2O3S. The lowest BCUT2D eigenvalue weighted by molar-refractivity contribution is -0.122. The summed E-state index contributed by atoms with van der Waals surface area (Å²) < 4.78 is 26.4. The van der Waals surface area contributed by atoms with E-state index in [9.17, 15) is 13.2 Å². The first-order chi connectivity index (χ1) is 13.0. The number of hydrogen-bond acceptors (Lipinski definition) is 3. The zero-order valence-electron chi connectivity index (χ0n) is 17.5. The fraction of sp³-hybridized carbons (Fsp3) is 0.409. The van der Waals surface area contributed by atoms with E-state index in [1.54, 1.807) is 6.07 Å². The molecular weight excluding hydrogens is 372 g/mol. The number of nitrogens with one attached hydrogen (secondary N) is 1. The van der Waals surface area contributed by atoms with Crippen molar-refractivity contribution < 1.29 is 13.2 Å². The van der Waals surface area contributed by atoms with Crippen LogP contribution >= 0.6 is 0 Å². The second kappa shape index (κ2) is 8.78. The van der Waals surface area contributed by atoms with Gasteiger partial charge in [0.1, 0.15) is 6.04 Å². The van der Waals surface area contributed by atoms with E-state index in [4.69, 9.17) is 0 Å². The molecule has 2 aromatic carbocycles. The number of aryl methyl sites for hydroxylation is 3. The normalized spacial score (nSPS) is 13.6. The smallest absolute Gasteiger partial charge is 0.244 e. The van der Waals surface area contributed by atoms with Gasteiger partial charge in [-0.15, -0.1) is 0 Å². The first-order valence-corrected chi connectivity index (χ1v) is 11.3. The number of nitrogens with zero attached hydrogens (tertiary/aromatic N) is 1. The summed E-state index contributed by atoms with van der Waals surface area (Å²) in [6, 6.07) is 12.3. The highest BCUT2D eigenvalue weighted by atomic mass is 32.2. The van der Waals surface area contributed by atoms with Gasteiger partial charge in [0.2, 0.25) is 15.9 Å². The van der Waals surface area contributed by atoms with Crippen molar-refractivity contribution >= 4 is 21.6 Å². The monoisotopic (exact) mass is 402 g/mol. The summed E-state index contributed by atoms with van der Waals surface area (Å²) in [6.45, 7) is 9.63. The Hall–Kier alpha value is -2.34. The van der Waals surface area contributed by atoms with Gasteiger partial charge in [-0.2, -0.15) is 0 Å². The Bertz CT molecular complexity index is 937. The zero-order chi connectivity index (χ0) is 21.1. The van der Waals surface area contributed by atoms with E-state index in [1.165, 1.54) is 4.31 Å². The van der Waals surface area contributed by atoms with Gasteiger partial charge in [-0.25, -0.2) is 8.42 Å². The number of amides is 1. The Kier molecular flexibility index (Phi) is 6.88. The third-order valence-corrected chi connectivity index (χ3v) is 6.19. The average molecular weight is 403 g/mol. The number of carbonyl (C=O) groups is 1. The van der Waals surface area contributed by atoms with Crippen molar-refractivity contribution in [2.75, 3.05) is 10.6 Å². The summed E-state index contributed by atoms with van der Waals surface area (Å²) in [5, 5.41) is 2.97. The van der Waals surface area contributed by atoms with Crippen LogP contribution in [0, 0.1) is 20.8 Å². The van der Waals surface area contributed by atoms with Gasteiger partial charge in [0.05, 0.1) is 18.0 Å². The first kappa shape index (κ1) is 22.0. The summed E-state index contributed by atoms with van der Waals surface area (Å²) >= 11 is 0. The lowest BCUT2D eigenvalue weighted by Crippen LogP contribution is -2.49. The lowest BCUT2D eigenvalue weighted by Gasteiger charge is -2.31. The number of hydrogen-bond donors (Lipinski definition) is 1. The summed E-state index contributed by atoms with van der Waals surface area (Å²) in [7, 11) is -3.64. The summed E-state index contributed by atoms with van der Waals surface area (Å²) in [4.78, 5) is 13.0. The fourth-order valence-electron chi connectivity index (χ4n) is 3.17. The number of anilines is 1. The second-order valence-corrected chi connectivity index (χ2v) is 9.25. The molecule has 6 heteroatoms. The molecule has 0 saturated carbocycles. The first-order valence-electron chi connectivity index (χ1n) is 9.48. The quantitative estimate of drug-likeness (QED) is 0.760. The van der Waals surface area contributed by atoms with E-state index < -0.39 is 16.1 Å². The molecule has 0 radical (unpaired) electrons. The van der Waals surface area contributed by atoms with E-state index >= 15 is 0 Å². The largest absolute Gasteiger partial charge is 0.348 e. The summed E-state index contributed by atoms with van der Waals surface area (Å²) in [5.74, 6) is -0.306. The minimum atomic E-state index is -3.64. The molecule has 0 fully saturated rings. The van der Waals surface area contributed by atoms with Crippen LogP contribution in [0.15, 0.2) is 42.5 Å². The van der Waals surface area contributed by atoms with E-state index in [0.717, 1.165) is 28.5 Å². The Labute approximate surface area is 168 Å². The molecule has 0 spiro atoms. The van der Waals surface area contributed by atoms with E-state index in [1.807, 2.05) is 71.0 Å². The van der Waals surface area contributed by atoms with Crippen LogP contribution in [0.4, 0.5) is 5.69 Å². The van der Waals surface area contributed by atoms with Gasteiger partial charge in [-0.3, -0.25) is 9.10 Å². The highest BCUT2D eigenvalue weighted by Gasteiger charge is 2.32. The van der Waals surface area contributed by atoms with Crippen molar-refractivity contribution in [3.63, 3.8) is 0 Å². The third kappa shape index (κ3) is 5.13. The van der Waals surface area contributed by atoms with Gasteiger partial charge in [0.25, 0.3) is 0 Å². The second-order valence-electron chi connectivity index (χ2n) is 7.39. The topological polar surface area (TPSA) is 66.5 Å². The zero-order valence-corrected chi connectivity index (χ0v) is 18.3. The van der Waals surface area contributed by atoms with E-state index in [2.05, 4.69) is 5.32 Å². The van der Waals surface area contributed by atoms with Crippen molar-refractivity contribution in [3.8, 4) is 0 Å². The molecule has 0 aliphatic carbocycles. The van der Waals surface area contributed by atoms with Crippen LogP contribution in [0.25, 0.3) is 0 Å². The van der Waals surface area contributed by atoms with Gasteiger partial charge >= 0.3 is 0 Å². The van der Waals surface area contributed by atoms with E-state index in [0.29, 0.717) is 12.1 Å². The maximum atomic E-state index is 13.0. The molecule has 1 N–H and O–H groups in total. The highest BCUT2D eigenvalue weighted by Crippen LogP contribution is 2.25. The average Bonchev–Trinajstić information content (AvgIpc) is 2.61. The van der Waals surface area contributed by atoms with E-state index in [-0.39, 0.29) is 11.9 Å². The van der Waals surface area contributed by atoms with Gasteiger partial charge in [-0.05, 0) is 62.9 Å². The van der Waals surface area contributed by atoms with Crippen LogP contribution in [-0.4, -0.2) is 26.6 Å². The molecule has 0 aromatic heterocycles. The number of benzene rings is 2. The molecule has 0 saturated heterocycles. The third-order valence-electron chi connectivity index (χ3n) is 5.01. The van der Waals surface area contributed by atoms with Gasteiger partial charge in [0.15, 0.2) is 0 Å². The van der Waals surface area contributed by atoms with Crippen LogP contribution in [-0.2, 0) is 14.8 Å². The Morgan fingerprint density at radius 3 is 2.14 bits per heavy atom. The summed E-state index contributed by atoms with van der Waals surface area (Å²) in [6.07, 6.45) is 1.51. The van der Waals surface area contributed by atoms with Crippen molar-refractivity contribution in [1.29, 1.82) is 0 Å². The molecule has 152 valence electrons. The summed E-state index contributed by atoms with van der Waals surface area (Å²) in [5.41, 5.74) is 4.69. The number of carbonyl (C=O) groups excluding carboxylic acids is 1. The molecule has 2 rings (SSSR count). The fourth-order valence-corrected chi connectivity index (χ4v) is 4.37. The molecule has 0 aliphatic rings. The molecule has 0 unspecified atom stereocenters. The predicted octanol–water partition coefficient (Wildman–Crippen LogP) is 4.03. The van der Waals surface area contributed by atoms with Crippen LogP contribution < -0.4 is 9.62 Å². The van der Waals surface area contributed by atoms with Crippen molar-refractivity contribution in [2.24, 2.45) is 0 Å². The Balaban J connectivity index is 2.33. The Morgan fingerprint density at radius 1 is 1.04 bits per heavy atom. The molecule has 28 heavy (non-hydrogen) atoms. The van der Waals surface area contributed by atoms with Gasteiger partial charge < -0.3 is 5.32 Å². The minimum Gasteiger partial charge on any atom is -0.348 e. The standard InChI is InChI=1S/C22H30N2O3S/c1-7-21(22(25)23-18(5)19-11-8-15(2)9-12-19)24(28(6,26)27)20-13-10-16(3)17(4)14-20/h8-14,18,21H,7H2,1-6H3,(H,23,25)/t18-,21-/m0/s1. The number of rotatable bonds is 7. The molecule has 5 nitrogen and oxygen atoms in total. The molecule has 0 bridgehead atoms. The minimum absolute atomic E-state index is 0.219. The van der Waals surface area contributed by atoms with Crippen LogP contribution in [0.1, 0.15) is 48.6 Å². The van der Waals surface area contributed by atoms with Crippen LogP contribution in [0.5, 0.6) is 0 Å². The number of sulfonamides is 1. The molecule has 2 aromatic rings. The highest BCUT2D eigenvalue weighted by molar-refractivity contribution is 7.92. The molecule has 0 heterocycles. The molecule has 1 amide bonds.